The van der Waals surface area contributed by atoms with Gasteiger partial charge in [0.1, 0.15) is 5.69 Å². The molecule has 0 bridgehead atoms. The smallest absolute Gasteiger partial charge is 0.278 e. The summed E-state index contributed by atoms with van der Waals surface area (Å²) in [6.45, 7) is 3.25. The van der Waals surface area contributed by atoms with Crippen LogP contribution in [-0.4, -0.2) is 51.5 Å². The van der Waals surface area contributed by atoms with Crippen molar-refractivity contribution in [2.24, 2.45) is 0 Å². The molecule has 11 heteroatoms. The summed E-state index contributed by atoms with van der Waals surface area (Å²) >= 11 is 7.59. The van der Waals surface area contributed by atoms with Gasteiger partial charge >= 0.3 is 0 Å². The summed E-state index contributed by atoms with van der Waals surface area (Å²) in [6.07, 6.45) is 3.72. The van der Waals surface area contributed by atoms with Gasteiger partial charge < -0.3 is 19.9 Å². The summed E-state index contributed by atoms with van der Waals surface area (Å²) in [4.78, 5) is 34.9. The van der Waals surface area contributed by atoms with Crippen molar-refractivity contribution in [1.29, 1.82) is 0 Å². The molecule has 1 aromatic carbocycles. The van der Waals surface area contributed by atoms with Crippen LogP contribution in [0.1, 0.15) is 26.6 Å². The number of morpholine rings is 1. The second-order valence-corrected chi connectivity index (χ2v) is 11.4. The Bertz CT molecular complexity index is 1740. The fourth-order valence-electron chi connectivity index (χ4n) is 4.88. The third-order valence-corrected chi connectivity index (χ3v) is 8.24. The number of nitrogens with zero attached hydrogens (tertiary/aromatic N) is 5. The van der Waals surface area contributed by atoms with Crippen molar-refractivity contribution in [1.82, 2.24) is 19.3 Å². The third-order valence-electron chi connectivity index (χ3n) is 7.01. The van der Waals surface area contributed by atoms with E-state index in [1.165, 1.54) is 16.0 Å². The average molecular weight is 587 g/mol. The van der Waals surface area contributed by atoms with Crippen molar-refractivity contribution in [2.75, 3.05) is 36.9 Å². The summed E-state index contributed by atoms with van der Waals surface area (Å²) < 4.78 is 8.95. The van der Waals surface area contributed by atoms with E-state index in [1.54, 1.807) is 47.3 Å². The highest BCUT2D eigenvalue weighted by molar-refractivity contribution is 7.16. The molecule has 5 aromatic rings. The maximum atomic E-state index is 13.8. The SMILES string of the molecule is Nc1c(-c2cccn(Cc3ccccn3)c2=O)nn(C(=O)c2ccc(N3CCOCC3)cc2)c1Cc1ccc(Cl)s1. The molecule has 0 saturated carbocycles. The highest BCUT2D eigenvalue weighted by Gasteiger charge is 2.25. The number of carbonyl (C=O) groups is 1. The second kappa shape index (κ2) is 11.7. The van der Waals surface area contributed by atoms with Crippen LogP contribution in [-0.2, 0) is 17.7 Å². The number of aromatic nitrogens is 4. The lowest BCUT2D eigenvalue weighted by molar-refractivity contribution is 0.0942. The van der Waals surface area contributed by atoms with Gasteiger partial charge in [-0.05, 0) is 60.7 Å². The van der Waals surface area contributed by atoms with Crippen LogP contribution in [0.2, 0.25) is 4.34 Å². The summed E-state index contributed by atoms with van der Waals surface area (Å²) in [5.41, 5.74) is 9.96. The molecule has 1 aliphatic heterocycles. The van der Waals surface area contributed by atoms with Gasteiger partial charge in [0.25, 0.3) is 11.5 Å². The van der Waals surface area contributed by atoms with Crippen LogP contribution >= 0.6 is 22.9 Å². The van der Waals surface area contributed by atoms with E-state index in [0.717, 1.165) is 29.3 Å². The van der Waals surface area contributed by atoms with Gasteiger partial charge in [-0.2, -0.15) is 9.78 Å². The molecule has 0 atom stereocenters. The maximum absolute atomic E-state index is 13.8. The molecule has 0 spiro atoms. The van der Waals surface area contributed by atoms with E-state index < -0.39 is 0 Å². The zero-order valence-corrected chi connectivity index (χ0v) is 23.6. The number of benzene rings is 1. The first-order valence-electron chi connectivity index (χ1n) is 13.2. The van der Waals surface area contributed by atoms with Crippen LogP contribution in [0.15, 0.2) is 83.9 Å². The molecule has 4 aromatic heterocycles. The molecule has 0 amide bonds. The molecule has 0 unspecified atom stereocenters. The molecular weight excluding hydrogens is 560 g/mol. The molecule has 41 heavy (non-hydrogen) atoms. The second-order valence-electron chi connectivity index (χ2n) is 9.63. The number of rotatable bonds is 7. The van der Waals surface area contributed by atoms with Gasteiger partial charge in [0.15, 0.2) is 0 Å². The molecule has 0 radical (unpaired) electrons. The number of halogens is 1. The topological polar surface area (TPSA) is 108 Å². The largest absolute Gasteiger partial charge is 0.395 e. The zero-order chi connectivity index (χ0) is 28.3. The Morgan fingerprint density at radius 2 is 1.83 bits per heavy atom. The molecule has 208 valence electrons. The van der Waals surface area contributed by atoms with Crippen LogP contribution in [0.25, 0.3) is 11.3 Å². The average Bonchev–Trinajstić information content (AvgIpc) is 3.57. The van der Waals surface area contributed by atoms with Gasteiger partial charge in [0.2, 0.25) is 0 Å². The summed E-state index contributed by atoms with van der Waals surface area (Å²) in [5.74, 6) is -0.334. The van der Waals surface area contributed by atoms with E-state index in [9.17, 15) is 9.59 Å². The van der Waals surface area contributed by atoms with Gasteiger partial charge in [0.05, 0.1) is 46.7 Å². The number of carbonyl (C=O) groups excluding carboxylic acids is 1. The summed E-state index contributed by atoms with van der Waals surface area (Å²) in [5, 5.41) is 4.64. The highest BCUT2D eigenvalue weighted by atomic mass is 35.5. The number of nitrogen functional groups attached to an aromatic ring is 1. The predicted molar refractivity (Wildman–Crippen MR) is 161 cm³/mol. The summed E-state index contributed by atoms with van der Waals surface area (Å²) in [7, 11) is 0. The molecule has 1 saturated heterocycles. The quantitative estimate of drug-likeness (QED) is 0.298. The monoisotopic (exact) mass is 586 g/mol. The number of anilines is 2. The van der Waals surface area contributed by atoms with Crippen molar-refractivity contribution < 1.29 is 9.53 Å². The number of thiophene rings is 1. The number of hydrogen-bond donors (Lipinski definition) is 1. The Morgan fingerprint density at radius 3 is 2.54 bits per heavy atom. The fourth-order valence-corrected chi connectivity index (χ4v) is 5.97. The van der Waals surface area contributed by atoms with Gasteiger partial charge in [0, 0.05) is 48.0 Å². The van der Waals surface area contributed by atoms with E-state index in [2.05, 4.69) is 15.0 Å². The molecule has 0 aliphatic carbocycles. The normalized spacial score (nSPS) is 13.4. The van der Waals surface area contributed by atoms with E-state index >= 15 is 0 Å². The van der Waals surface area contributed by atoms with Crippen LogP contribution in [0.4, 0.5) is 11.4 Å². The minimum Gasteiger partial charge on any atom is -0.395 e. The number of hydrogen-bond acceptors (Lipinski definition) is 8. The van der Waals surface area contributed by atoms with Crippen molar-refractivity contribution in [2.45, 2.75) is 13.0 Å². The van der Waals surface area contributed by atoms with Gasteiger partial charge in [-0.3, -0.25) is 14.6 Å². The zero-order valence-electron chi connectivity index (χ0n) is 22.1. The molecule has 9 nitrogen and oxygen atoms in total. The molecule has 2 N–H and O–H groups in total. The number of pyridine rings is 2. The standard InChI is InChI=1S/C30H27ClN6O3S/c31-26-11-10-23(41-26)18-25-27(32)28(24-5-3-13-36(30(24)39)19-21-4-1-2-12-33-21)34-37(25)29(38)20-6-8-22(9-7-20)35-14-16-40-17-15-35/h1-13H,14-19,32H2. The van der Waals surface area contributed by atoms with E-state index in [-0.39, 0.29) is 22.8 Å². The van der Waals surface area contributed by atoms with E-state index in [1.807, 2.05) is 36.4 Å². The molecular formula is C30H27ClN6O3S. The minimum absolute atomic E-state index is 0.265. The minimum atomic E-state index is -0.334. The van der Waals surface area contributed by atoms with E-state index in [0.29, 0.717) is 47.3 Å². The molecule has 6 rings (SSSR count). The van der Waals surface area contributed by atoms with Crippen molar-refractivity contribution >= 4 is 40.2 Å². The number of ether oxygens (including phenoxy) is 1. The first-order chi connectivity index (χ1) is 20.0. The molecule has 5 heterocycles. The first-order valence-corrected chi connectivity index (χ1v) is 14.4. The molecule has 1 aliphatic rings. The Morgan fingerprint density at radius 1 is 1.02 bits per heavy atom. The Hall–Kier alpha value is -4.25. The number of nitrogens with two attached hydrogens (primary N) is 1. The van der Waals surface area contributed by atoms with Gasteiger partial charge in [-0.15, -0.1) is 11.3 Å². The van der Waals surface area contributed by atoms with Crippen LogP contribution < -0.4 is 16.2 Å². The van der Waals surface area contributed by atoms with E-state index in [4.69, 9.17) is 22.1 Å². The highest BCUT2D eigenvalue weighted by Crippen LogP contribution is 2.31. The van der Waals surface area contributed by atoms with Crippen molar-refractivity contribution in [3.63, 3.8) is 0 Å². The van der Waals surface area contributed by atoms with Crippen molar-refractivity contribution in [3.05, 3.63) is 116 Å². The lowest BCUT2D eigenvalue weighted by Crippen LogP contribution is -2.36. The fraction of sp³-hybridized carbons (Fsp3) is 0.200. The Balaban J connectivity index is 1.38. The van der Waals surface area contributed by atoms with Crippen molar-refractivity contribution in [3.8, 4) is 11.3 Å². The van der Waals surface area contributed by atoms with Gasteiger partial charge in [-0.25, -0.2) is 0 Å². The molecule has 1 fully saturated rings. The Kier molecular flexibility index (Phi) is 7.69. The lowest BCUT2D eigenvalue weighted by atomic mass is 10.1. The lowest BCUT2D eigenvalue weighted by Gasteiger charge is -2.28. The summed E-state index contributed by atoms with van der Waals surface area (Å²) in [6, 6.07) is 20.1. The van der Waals surface area contributed by atoms with Gasteiger partial charge in [-0.1, -0.05) is 17.7 Å². The maximum Gasteiger partial charge on any atom is 0.278 e. The first kappa shape index (κ1) is 26.9. The predicted octanol–water partition coefficient (Wildman–Crippen LogP) is 4.57. The van der Waals surface area contributed by atoms with Crippen LogP contribution in [0, 0.1) is 0 Å². The third kappa shape index (κ3) is 5.67. The van der Waals surface area contributed by atoms with Crippen LogP contribution in [0.5, 0.6) is 0 Å². The van der Waals surface area contributed by atoms with Crippen LogP contribution in [0.3, 0.4) is 0 Å². The Labute approximate surface area is 245 Å².